The lowest BCUT2D eigenvalue weighted by Gasteiger charge is -2.33. The second-order valence-corrected chi connectivity index (χ2v) is 8.34. The van der Waals surface area contributed by atoms with Gasteiger partial charge in [0.05, 0.1) is 11.9 Å². The van der Waals surface area contributed by atoms with Crippen LogP contribution in [0.1, 0.15) is 24.1 Å². The molecule has 0 unspecified atom stereocenters. The van der Waals surface area contributed by atoms with Crippen LogP contribution in [0.15, 0.2) is 10.9 Å². The summed E-state index contributed by atoms with van der Waals surface area (Å²) in [5.41, 5.74) is 1.66. The summed E-state index contributed by atoms with van der Waals surface area (Å²) in [5.74, 6) is -0.200. The van der Waals surface area contributed by atoms with Crippen LogP contribution in [0.4, 0.5) is 0 Å². The van der Waals surface area contributed by atoms with Gasteiger partial charge in [-0.15, -0.1) is 0 Å². The third kappa shape index (κ3) is 3.67. The summed E-state index contributed by atoms with van der Waals surface area (Å²) in [4.78, 5) is 26.1. The maximum absolute atomic E-state index is 12.4. The fourth-order valence-electron chi connectivity index (χ4n) is 3.21. The molecule has 1 aliphatic carbocycles. The molecule has 1 aromatic heterocycles. The van der Waals surface area contributed by atoms with E-state index >= 15 is 0 Å². The fraction of sp³-hybridized carbons (Fsp3) is 0.667. The van der Waals surface area contributed by atoms with Crippen molar-refractivity contribution in [2.45, 2.75) is 32.2 Å². The van der Waals surface area contributed by atoms with Crippen LogP contribution in [-0.2, 0) is 34.2 Å². The van der Waals surface area contributed by atoms with Crippen molar-refractivity contribution in [3.8, 4) is 0 Å². The van der Waals surface area contributed by atoms with E-state index in [4.69, 9.17) is 0 Å². The van der Waals surface area contributed by atoms with E-state index in [1.165, 1.54) is 15.2 Å². The smallest absolute Gasteiger partial charge is 0.267 e. The molecule has 0 radical (unpaired) electrons. The monoisotopic (exact) mass is 354 g/mol. The number of amides is 1. The van der Waals surface area contributed by atoms with Gasteiger partial charge in [0.25, 0.3) is 5.56 Å². The lowest BCUT2D eigenvalue weighted by molar-refractivity contribution is -0.133. The highest BCUT2D eigenvalue weighted by Crippen LogP contribution is 2.17. The van der Waals surface area contributed by atoms with Crippen LogP contribution in [0.25, 0.3) is 0 Å². The molecule has 1 saturated heterocycles. The summed E-state index contributed by atoms with van der Waals surface area (Å²) in [6, 6.07) is 1.59. The van der Waals surface area contributed by atoms with Crippen molar-refractivity contribution in [1.82, 2.24) is 19.0 Å². The van der Waals surface area contributed by atoms with E-state index in [9.17, 15) is 18.0 Å². The van der Waals surface area contributed by atoms with Crippen molar-refractivity contribution in [3.63, 3.8) is 0 Å². The number of hydrogen-bond acceptors (Lipinski definition) is 5. The van der Waals surface area contributed by atoms with Gasteiger partial charge in [-0.3, -0.25) is 9.59 Å². The van der Waals surface area contributed by atoms with Gasteiger partial charge in [0.2, 0.25) is 15.9 Å². The van der Waals surface area contributed by atoms with Crippen molar-refractivity contribution in [1.29, 1.82) is 0 Å². The molecule has 2 aliphatic rings. The highest BCUT2D eigenvalue weighted by molar-refractivity contribution is 7.88. The molecule has 0 bridgehead atoms. The average Bonchev–Trinajstić information content (AvgIpc) is 2.55. The first-order valence-electron chi connectivity index (χ1n) is 8.17. The Morgan fingerprint density at radius 1 is 1.17 bits per heavy atom. The molecule has 0 atom stereocenters. The molecule has 0 N–H and O–H groups in total. The Bertz CT molecular complexity index is 794. The normalized spacial score (nSPS) is 19.1. The number of carbonyl (C=O) groups is 1. The van der Waals surface area contributed by atoms with Crippen LogP contribution in [0, 0.1) is 0 Å². The maximum Gasteiger partial charge on any atom is 0.267 e. The molecule has 0 aromatic carbocycles. The Morgan fingerprint density at radius 2 is 1.83 bits per heavy atom. The van der Waals surface area contributed by atoms with Gasteiger partial charge >= 0.3 is 0 Å². The Morgan fingerprint density at radius 3 is 2.50 bits per heavy atom. The number of piperazine rings is 1. The zero-order valence-corrected chi connectivity index (χ0v) is 14.6. The summed E-state index contributed by atoms with van der Waals surface area (Å²) >= 11 is 0. The van der Waals surface area contributed by atoms with Crippen LogP contribution >= 0.6 is 0 Å². The van der Waals surface area contributed by atoms with Gasteiger partial charge < -0.3 is 4.90 Å². The lowest BCUT2D eigenvalue weighted by atomic mass is 9.97. The molecule has 24 heavy (non-hydrogen) atoms. The largest absolute Gasteiger partial charge is 0.338 e. The minimum absolute atomic E-state index is 0.0923. The second kappa shape index (κ2) is 6.64. The number of rotatable bonds is 3. The highest BCUT2D eigenvalue weighted by Gasteiger charge is 2.26. The third-order valence-electron chi connectivity index (χ3n) is 4.62. The number of hydrogen-bond donors (Lipinski definition) is 0. The van der Waals surface area contributed by atoms with E-state index in [-0.39, 0.29) is 31.1 Å². The topological polar surface area (TPSA) is 92.6 Å². The van der Waals surface area contributed by atoms with Gasteiger partial charge in [0, 0.05) is 32.2 Å². The van der Waals surface area contributed by atoms with Crippen molar-refractivity contribution >= 4 is 15.9 Å². The van der Waals surface area contributed by atoms with Crippen molar-refractivity contribution < 1.29 is 13.2 Å². The molecule has 1 fully saturated rings. The molecule has 1 amide bonds. The molecule has 132 valence electrons. The molecule has 0 saturated carbocycles. The first kappa shape index (κ1) is 17.1. The molecule has 1 aromatic rings. The van der Waals surface area contributed by atoms with Crippen molar-refractivity contribution in [3.05, 3.63) is 27.7 Å². The van der Waals surface area contributed by atoms with Gasteiger partial charge in [-0.2, -0.15) is 9.40 Å². The number of fused-ring (bicyclic) bond motifs is 1. The number of carbonyl (C=O) groups excluding carboxylic acids is 1. The Labute approximate surface area is 141 Å². The van der Waals surface area contributed by atoms with E-state index in [1.807, 2.05) is 0 Å². The molecule has 2 heterocycles. The zero-order chi connectivity index (χ0) is 17.3. The van der Waals surface area contributed by atoms with Gasteiger partial charge in [-0.05, 0) is 31.2 Å². The number of aromatic nitrogens is 2. The Kier molecular flexibility index (Phi) is 4.73. The standard InChI is InChI=1S/C15H22N4O4S/c1-24(22,23)18-8-6-17(7-9-18)15(21)11-19-14(20)10-12-4-2-3-5-13(12)16-19/h10H,2-9,11H2,1H3. The molecular formula is C15H22N4O4S. The zero-order valence-electron chi connectivity index (χ0n) is 13.8. The third-order valence-corrected chi connectivity index (χ3v) is 5.92. The van der Waals surface area contributed by atoms with E-state index in [1.54, 1.807) is 11.0 Å². The van der Waals surface area contributed by atoms with Gasteiger partial charge in [-0.25, -0.2) is 13.1 Å². The fourth-order valence-corrected chi connectivity index (χ4v) is 4.04. The summed E-state index contributed by atoms with van der Waals surface area (Å²) in [5, 5.41) is 4.35. The van der Waals surface area contributed by atoms with Gasteiger partial charge in [0.1, 0.15) is 6.54 Å². The van der Waals surface area contributed by atoms with E-state index < -0.39 is 10.0 Å². The second-order valence-electron chi connectivity index (χ2n) is 6.36. The van der Waals surface area contributed by atoms with Gasteiger partial charge in [0.15, 0.2) is 0 Å². The quantitative estimate of drug-likeness (QED) is 0.710. The van der Waals surface area contributed by atoms with Crippen LogP contribution < -0.4 is 5.56 Å². The summed E-state index contributed by atoms with van der Waals surface area (Å²) in [6.07, 6.45) is 5.01. The van der Waals surface area contributed by atoms with Crippen LogP contribution in [-0.4, -0.2) is 65.7 Å². The minimum atomic E-state index is -3.22. The van der Waals surface area contributed by atoms with Crippen LogP contribution in [0.5, 0.6) is 0 Å². The summed E-state index contributed by atoms with van der Waals surface area (Å²) < 4.78 is 25.6. The Hall–Kier alpha value is -1.74. The summed E-state index contributed by atoms with van der Waals surface area (Å²) in [6.45, 7) is 1.16. The van der Waals surface area contributed by atoms with E-state index in [2.05, 4.69) is 5.10 Å². The Balaban J connectivity index is 1.67. The predicted octanol–water partition coefficient (Wildman–Crippen LogP) is -0.774. The van der Waals surface area contributed by atoms with E-state index in [0.29, 0.717) is 13.1 Å². The highest BCUT2D eigenvalue weighted by atomic mass is 32.2. The van der Waals surface area contributed by atoms with Gasteiger partial charge in [-0.1, -0.05) is 0 Å². The number of sulfonamides is 1. The van der Waals surface area contributed by atoms with Crippen molar-refractivity contribution in [2.24, 2.45) is 0 Å². The molecule has 0 spiro atoms. The first-order chi connectivity index (χ1) is 11.3. The molecule has 1 aliphatic heterocycles. The summed E-state index contributed by atoms with van der Waals surface area (Å²) in [7, 11) is -3.22. The first-order valence-corrected chi connectivity index (χ1v) is 10.0. The predicted molar refractivity (Wildman–Crippen MR) is 88.1 cm³/mol. The SMILES string of the molecule is CS(=O)(=O)N1CCN(C(=O)Cn2nc3c(cc2=O)CCCC3)CC1. The van der Waals surface area contributed by atoms with Crippen molar-refractivity contribution in [2.75, 3.05) is 32.4 Å². The molecular weight excluding hydrogens is 332 g/mol. The van der Waals surface area contributed by atoms with Crippen LogP contribution in [0.2, 0.25) is 0 Å². The van der Waals surface area contributed by atoms with Crippen LogP contribution in [0.3, 0.4) is 0 Å². The average molecular weight is 354 g/mol. The minimum Gasteiger partial charge on any atom is -0.338 e. The lowest BCUT2D eigenvalue weighted by Crippen LogP contribution is -2.51. The molecule has 9 heteroatoms. The molecule has 8 nitrogen and oxygen atoms in total. The number of aryl methyl sites for hydroxylation is 2. The maximum atomic E-state index is 12.4. The number of nitrogens with zero attached hydrogens (tertiary/aromatic N) is 4. The van der Waals surface area contributed by atoms with E-state index in [0.717, 1.165) is 36.9 Å². The molecule has 3 rings (SSSR count).